The van der Waals surface area contributed by atoms with Crippen molar-refractivity contribution < 1.29 is 14.6 Å². The van der Waals surface area contributed by atoms with Gasteiger partial charge in [-0.2, -0.15) is 0 Å². The Kier molecular flexibility index (Phi) is 9.66. The van der Waals surface area contributed by atoms with Crippen LogP contribution in [-0.2, 0) is 9.53 Å². The third-order valence-corrected chi connectivity index (χ3v) is 2.04. The van der Waals surface area contributed by atoms with Crippen LogP contribution < -0.4 is 5.32 Å². The van der Waals surface area contributed by atoms with E-state index in [1.165, 1.54) is 0 Å². The topological polar surface area (TPSA) is 58.6 Å². The number of hydrogen-bond acceptors (Lipinski definition) is 3. The van der Waals surface area contributed by atoms with E-state index in [1.807, 2.05) is 13.0 Å². The highest BCUT2D eigenvalue weighted by Crippen LogP contribution is 1.98. The number of nitrogens with one attached hydrogen (secondary N) is 1. The molecule has 0 radical (unpaired) electrons. The van der Waals surface area contributed by atoms with Gasteiger partial charge >= 0.3 is 5.97 Å². The summed E-state index contributed by atoms with van der Waals surface area (Å²) in [5, 5.41) is 11.8. The van der Waals surface area contributed by atoms with Gasteiger partial charge in [0.25, 0.3) is 0 Å². The lowest BCUT2D eigenvalue weighted by molar-refractivity contribution is -0.132. The predicted octanol–water partition coefficient (Wildman–Crippen LogP) is 1.59. The van der Waals surface area contributed by atoms with Crippen molar-refractivity contribution >= 4 is 5.97 Å². The van der Waals surface area contributed by atoms with Crippen LogP contribution in [-0.4, -0.2) is 37.4 Å². The van der Waals surface area contributed by atoms with Crippen LogP contribution >= 0.6 is 0 Å². The van der Waals surface area contributed by atoms with Crippen molar-refractivity contribution in [1.82, 2.24) is 5.32 Å². The second-order valence-corrected chi connectivity index (χ2v) is 3.28. The van der Waals surface area contributed by atoms with Crippen molar-refractivity contribution in [2.24, 2.45) is 0 Å². The van der Waals surface area contributed by atoms with E-state index in [1.54, 1.807) is 6.08 Å². The van der Waals surface area contributed by atoms with Gasteiger partial charge in [0.1, 0.15) is 0 Å². The van der Waals surface area contributed by atoms with Crippen LogP contribution in [0.1, 0.15) is 19.8 Å². The van der Waals surface area contributed by atoms with Crippen LogP contribution in [0.3, 0.4) is 0 Å². The van der Waals surface area contributed by atoms with Crippen LogP contribution in [0.2, 0.25) is 0 Å². The first-order chi connectivity index (χ1) is 7.72. The molecule has 0 rings (SSSR count). The second kappa shape index (κ2) is 10.4. The van der Waals surface area contributed by atoms with E-state index >= 15 is 0 Å². The van der Waals surface area contributed by atoms with Gasteiger partial charge in [-0.05, 0) is 12.8 Å². The molecule has 4 heteroatoms. The third kappa shape index (κ3) is 8.20. The van der Waals surface area contributed by atoms with Crippen molar-refractivity contribution in [1.29, 1.82) is 0 Å². The van der Waals surface area contributed by atoms with E-state index in [0.717, 1.165) is 13.0 Å². The highest BCUT2D eigenvalue weighted by molar-refractivity contribution is 5.86. The van der Waals surface area contributed by atoms with Gasteiger partial charge in [0.2, 0.25) is 0 Å². The van der Waals surface area contributed by atoms with Gasteiger partial charge in [0.05, 0.1) is 13.2 Å². The second-order valence-electron chi connectivity index (χ2n) is 3.28. The summed E-state index contributed by atoms with van der Waals surface area (Å²) in [6, 6.07) is 0. The van der Waals surface area contributed by atoms with Gasteiger partial charge in [-0.1, -0.05) is 19.1 Å². The Bertz CT molecular complexity index is 236. The van der Waals surface area contributed by atoms with Gasteiger partial charge in [0.15, 0.2) is 0 Å². The summed E-state index contributed by atoms with van der Waals surface area (Å²) in [5.74, 6) is -0.841. The maximum absolute atomic E-state index is 10.6. The van der Waals surface area contributed by atoms with Gasteiger partial charge in [-0.25, -0.2) is 4.79 Å². The van der Waals surface area contributed by atoms with Crippen molar-refractivity contribution in [2.75, 3.05) is 26.3 Å². The number of aliphatic carboxylic acids is 1. The number of carbonyl (C=O) groups is 1. The lowest BCUT2D eigenvalue weighted by Crippen LogP contribution is -2.20. The van der Waals surface area contributed by atoms with Crippen molar-refractivity contribution in [3.05, 3.63) is 24.3 Å². The molecule has 0 spiro atoms. The smallest absolute Gasteiger partial charge is 0.331 e. The Labute approximate surface area is 97.0 Å². The molecule has 0 fully saturated rings. The quantitative estimate of drug-likeness (QED) is 0.338. The number of ether oxygens (including phenoxy) is 1. The zero-order chi connectivity index (χ0) is 12.2. The first-order valence-corrected chi connectivity index (χ1v) is 5.54. The summed E-state index contributed by atoms with van der Waals surface area (Å²) in [6.07, 6.45) is 4.92. The van der Waals surface area contributed by atoms with E-state index in [0.29, 0.717) is 31.8 Å². The monoisotopic (exact) mass is 227 g/mol. The normalized spacial score (nSPS) is 11.4. The van der Waals surface area contributed by atoms with Crippen molar-refractivity contribution in [3.8, 4) is 0 Å². The minimum Gasteiger partial charge on any atom is -0.478 e. The van der Waals surface area contributed by atoms with E-state index in [4.69, 9.17) is 9.84 Å². The summed E-state index contributed by atoms with van der Waals surface area (Å²) in [5.41, 5.74) is 0.445. The molecule has 0 aromatic carbocycles. The molecule has 0 aliphatic rings. The average Bonchev–Trinajstić information content (AvgIpc) is 2.26. The van der Waals surface area contributed by atoms with Gasteiger partial charge in [0, 0.05) is 18.7 Å². The number of rotatable bonds is 10. The summed E-state index contributed by atoms with van der Waals surface area (Å²) >= 11 is 0. The molecule has 4 nitrogen and oxygen atoms in total. The van der Waals surface area contributed by atoms with Crippen LogP contribution in [0.25, 0.3) is 0 Å². The Hall–Kier alpha value is -1.13. The van der Waals surface area contributed by atoms with Crippen LogP contribution in [0.5, 0.6) is 0 Å². The zero-order valence-electron chi connectivity index (χ0n) is 9.87. The highest BCUT2D eigenvalue weighted by atomic mass is 16.5. The SMILES string of the molecule is C=CCCOCCNC/C=C(/CC)C(=O)O. The van der Waals surface area contributed by atoms with Crippen LogP contribution in [0, 0.1) is 0 Å². The largest absolute Gasteiger partial charge is 0.478 e. The first kappa shape index (κ1) is 14.9. The minimum atomic E-state index is -0.841. The highest BCUT2D eigenvalue weighted by Gasteiger charge is 2.01. The summed E-state index contributed by atoms with van der Waals surface area (Å²) in [4.78, 5) is 10.6. The molecule has 2 N–H and O–H groups in total. The lowest BCUT2D eigenvalue weighted by atomic mass is 10.2. The maximum Gasteiger partial charge on any atom is 0.331 e. The fourth-order valence-electron chi connectivity index (χ4n) is 1.09. The third-order valence-electron chi connectivity index (χ3n) is 2.04. The molecule has 92 valence electrons. The van der Waals surface area contributed by atoms with E-state index in [2.05, 4.69) is 11.9 Å². The number of carboxylic acids is 1. The Morgan fingerprint density at radius 2 is 2.25 bits per heavy atom. The molecule has 0 saturated heterocycles. The molecule has 0 atom stereocenters. The molecule has 0 aliphatic carbocycles. The molecular weight excluding hydrogens is 206 g/mol. The molecular formula is C12H21NO3. The fraction of sp³-hybridized carbons (Fsp3) is 0.583. The number of hydrogen-bond donors (Lipinski definition) is 2. The van der Waals surface area contributed by atoms with E-state index in [-0.39, 0.29) is 0 Å². The molecule has 0 aromatic heterocycles. The van der Waals surface area contributed by atoms with Gasteiger partial charge < -0.3 is 15.2 Å². The van der Waals surface area contributed by atoms with Crippen molar-refractivity contribution in [3.63, 3.8) is 0 Å². The van der Waals surface area contributed by atoms with Crippen LogP contribution in [0.4, 0.5) is 0 Å². The predicted molar refractivity (Wildman–Crippen MR) is 64.5 cm³/mol. The van der Waals surface area contributed by atoms with Gasteiger partial charge in [-0.15, -0.1) is 6.58 Å². The molecule has 0 bridgehead atoms. The molecule has 16 heavy (non-hydrogen) atoms. The lowest BCUT2D eigenvalue weighted by Gasteiger charge is -2.03. The Morgan fingerprint density at radius 1 is 1.50 bits per heavy atom. The standard InChI is InChI=1S/C12H21NO3/c1-3-5-9-16-10-8-13-7-6-11(4-2)12(14)15/h3,6,13H,1,4-5,7-10H2,2H3,(H,14,15)/b11-6-. The molecule has 0 aliphatic heterocycles. The van der Waals surface area contributed by atoms with E-state index in [9.17, 15) is 4.79 Å². The van der Waals surface area contributed by atoms with Crippen LogP contribution in [0.15, 0.2) is 24.3 Å². The number of carboxylic acid groups (broad SMARTS) is 1. The average molecular weight is 227 g/mol. The zero-order valence-corrected chi connectivity index (χ0v) is 9.87. The molecule has 0 amide bonds. The first-order valence-electron chi connectivity index (χ1n) is 5.54. The summed E-state index contributed by atoms with van der Waals surface area (Å²) in [7, 11) is 0. The maximum atomic E-state index is 10.6. The fourth-order valence-corrected chi connectivity index (χ4v) is 1.09. The Balaban J connectivity index is 3.44. The van der Waals surface area contributed by atoms with Crippen molar-refractivity contribution in [2.45, 2.75) is 19.8 Å². The summed E-state index contributed by atoms with van der Waals surface area (Å²) in [6.45, 7) is 8.05. The molecule has 0 saturated carbocycles. The molecule has 0 unspecified atom stereocenters. The van der Waals surface area contributed by atoms with E-state index < -0.39 is 5.97 Å². The summed E-state index contributed by atoms with van der Waals surface area (Å²) < 4.78 is 5.28. The molecule has 0 heterocycles. The molecule has 0 aromatic rings. The minimum absolute atomic E-state index is 0.445. The van der Waals surface area contributed by atoms with Gasteiger partial charge in [-0.3, -0.25) is 0 Å². The Morgan fingerprint density at radius 3 is 2.81 bits per heavy atom.